The number of aromatic carboxylic acids is 1. The van der Waals surface area contributed by atoms with Gasteiger partial charge >= 0.3 is 5.97 Å². The first-order valence-corrected chi connectivity index (χ1v) is 6.20. The summed E-state index contributed by atoms with van der Waals surface area (Å²) in [5, 5.41) is 8.77. The van der Waals surface area contributed by atoms with Gasteiger partial charge in [-0.1, -0.05) is 17.5 Å². The quantitative estimate of drug-likeness (QED) is 0.800. The van der Waals surface area contributed by atoms with E-state index in [0.717, 1.165) is 6.07 Å². The van der Waals surface area contributed by atoms with E-state index in [-0.39, 0.29) is 22.0 Å². The molecule has 0 spiro atoms. The van der Waals surface area contributed by atoms with Gasteiger partial charge in [0.2, 0.25) is 10.0 Å². The summed E-state index contributed by atoms with van der Waals surface area (Å²) >= 11 is 5.62. The molecule has 5 nitrogen and oxygen atoms in total. The summed E-state index contributed by atoms with van der Waals surface area (Å²) in [7, 11) is -3.81. The lowest BCUT2D eigenvalue weighted by Crippen LogP contribution is -2.24. The molecule has 90 valence electrons. The van der Waals surface area contributed by atoms with Gasteiger partial charge in [0.25, 0.3) is 0 Å². The highest BCUT2D eigenvalue weighted by Crippen LogP contribution is 2.20. The van der Waals surface area contributed by atoms with E-state index in [2.05, 4.69) is 10.6 Å². The van der Waals surface area contributed by atoms with Crippen molar-refractivity contribution in [2.75, 3.05) is 6.54 Å². The van der Waals surface area contributed by atoms with Crippen LogP contribution in [0.25, 0.3) is 0 Å². The summed E-state index contributed by atoms with van der Waals surface area (Å²) in [4.78, 5) is 10.6. The first-order chi connectivity index (χ1) is 7.88. The maximum Gasteiger partial charge on any atom is 0.337 e. The Morgan fingerprint density at radius 1 is 1.53 bits per heavy atom. The second-order valence-corrected chi connectivity index (χ2v) is 5.15. The highest BCUT2D eigenvalue weighted by Gasteiger charge is 2.17. The van der Waals surface area contributed by atoms with Crippen LogP contribution in [0.2, 0.25) is 5.02 Å². The van der Waals surface area contributed by atoms with Crippen LogP contribution in [0.5, 0.6) is 0 Å². The number of hydrogen-bond donors (Lipinski definition) is 2. The number of nitrogens with one attached hydrogen (secondary N) is 1. The zero-order valence-corrected chi connectivity index (χ0v) is 10.0. The SMILES string of the molecule is C#CCNS(=O)(=O)c1ccc(Cl)c(C(=O)O)c1. The van der Waals surface area contributed by atoms with Crippen LogP contribution in [0.1, 0.15) is 10.4 Å². The summed E-state index contributed by atoms with van der Waals surface area (Å²) in [6, 6.07) is 3.38. The normalized spacial score (nSPS) is 10.8. The third-order valence-corrected chi connectivity index (χ3v) is 3.57. The van der Waals surface area contributed by atoms with Gasteiger partial charge in [-0.2, -0.15) is 4.72 Å². The van der Waals surface area contributed by atoms with Crippen molar-refractivity contribution in [2.45, 2.75) is 4.90 Å². The Morgan fingerprint density at radius 2 is 2.18 bits per heavy atom. The lowest BCUT2D eigenvalue weighted by atomic mass is 10.2. The van der Waals surface area contributed by atoms with Crippen LogP contribution in [0, 0.1) is 12.3 Å². The van der Waals surface area contributed by atoms with E-state index in [1.807, 2.05) is 0 Å². The summed E-state index contributed by atoms with van der Waals surface area (Å²) in [6.45, 7) is -0.173. The van der Waals surface area contributed by atoms with Gasteiger partial charge < -0.3 is 5.11 Å². The molecule has 0 aliphatic rings. The summed E-state index contributed by atoms with van der Waals surface area (Å²) in [5.74, 6) is 0.808. The zero-order chi connectivity index (χ0) is 13.1. The molecule has 0 bridgehead atoms. The van der Waals surface area contributed by atoms with Gasteiger partial charge in [-0.3, -0.25) is 0 Å². The second kappa shape index (κ2) is 5.19. The fourth-order valence-electron chi connectivity index (χ4n) is 1.06. The van der Waals surface area contributed by atoms with E-state index in [9.17, 15) is 13.2 Å². The highest BCUT2D eigenvalue weighted by molar-refractivity contribution is 7.89. The standard InChI is InChI=1S/C10H8ClNO4S/c1-2-5-12-17(15,16)7-3-4-9(11)8(6-7)10(13)14/h1,3-4,6,12H,5H2,(H,13,14). The number of carbonyl (C=O) groups is 1. The van der Waals surface area contributed by atoms with Crippen molar-refractivity contribution in [1.29, 1.82) is 0 Å². The minimum atomic E-state index is -3.81. The molecule has 0 aromatic heterocycles. The largest absolute Gasteiger partial charge is 0.478 e. The van der Waals surface area contributed by atoms with Gasteiger partial charge in [0, 0.05) is 0 Å². The predicted molar refractivity (Wildman–Crippen MR) is 62.4 cm³/mol. The highest BCUT2D eigenvalue weighted by atomic mass is 35.5. The average Bonchev–Trinajstić information content (AvgIpc) is 2.26. The van der Waals surface area contributed by atoms with E-state index in [4.69, 9.17) is 23.1 Å². The van der Waals surface area contributed by atoms with Crippen molar-refractivity contribution in [3.63, 3.8) is 0 Å². The van der Waals surface area contributed by atoms with Crippen molar-refractivity contribution < 1.29 is 18.3 Å². The fraction of sp³-hybridized carbons (Fsp3) is 0.100. The summed E-state index contributed by atoms with van der Waals surface area (Å²) in [5.41, 5.74) is -0.282. The van der Waals surface area contributed by atoms with E-state index >= 15 is 0 Å². The summed E-state index contributed by atoms with van der Waals surface area (Å²) < 4.78 is 25.4. The number of carboxylic acid groups (broad SMARTS) is 1. The molecule has 0 aliphatic heterocycles. The molecule has 1 aromatic carbocycles. The van der Waals surface area contributed by atoms with E-state index < -0.39 is 16.0 Å². The third kappa shape index (κ3) is 3.20. The third-order valence-electron chi connectivity index (χ3n) is 1.84. The molecule has 0 atom stereocenters. The molecule has 17 heavy (non-hydrogen) atoms. The van der Waals surface area contributed by atoms with Crippen molar-refractivity contribution in [3.05, 3.63) is 28.8 Å². The van der Waals surface area contributed by atoms with Crippen molar-refractivity contribution in [3.8, 4) is 12.3 Å². The van der Waals surface area contributed by atoms with Crippen LogP contribution in [-0.2, 0) is 10.0 Å². The Hall–Kier alpha value is -1.55. The van der Waals surface area contributed by atoms with Crippen LogP contribution in [0.15, 0.2) is 23.1 Å². The first-order valence-electron chi connectivity index (χ1n) is 4.34. The van der Waals surface area contributed by atoms with Gasteiger partial charge in [0.15, 0.2) is 0 Å². The molecule has 0 saturated carbocycles. The number of halogens is 1. The lowest BCUT2D eigenvalue weighted by Gasteiger charge is -2.05. The molecule has 2 N–H and O–H groups in total. The topological polar surface area (TPSA) is 83.5 Å². The number of sulfonamides is 1. The van der Waals surface area contributed by atoms with Crippen molar-refractivity contribution in [1.82, 2.24) is 4.72 Å². The Morgan fingerprint density at radius 3 is 2.71 bits per heavy atom. The number of rotatable bonds is 4. The summed E-state index contributed by atoms with van der Waals surface area (Å²) in [6.07, 6.45) is 4.92. The van der Waals surface area contributed by atoms with Gasteiger partial charge in [-0.05, 0) is 18.2 Å². The minimum Gasteiger partial charge on any atom is -0.478 e. The molecule has 0 saturated heterocycles. The van der Waals surface area contributed by atoms with Crippen LogP contribution < -0.4 is 4.72 Å². The van der Waals surface area contributed by atoms with Crippen molar-refractivity contribution in [2.24, 2.45) is 0 Å². The van der Waals surface area contributed by atoms with E-state index in [0.29, 0.717) is 0 Å². The van der Waals surface area contributed by atoms with Gasteiger partial charge in [-0.15, -0.1) is 6.42 Å². The fourth-order valence-corrected chi connectivity index (χ4v) is 2.21. The first kappa shape index (κ1) is 13.5. The molecular weight excluding hydrogens is 266 g/mol. The molecule has 1 rings (SSSR count). The van der Waals surface area contributed by atoms with Gasteiger partial charge in [-0.25, -0.2) is 13.2 Å². The molecule has 0 aliphatic carbocycles. The van der Waals surface area contributed by atoms with Crippen LogP contribution in [0.4, 0.5) is 0 Å². The molecule has 0 radical (unpaired) electrons. The zero-order valence-electron chi connectivity index (χ0n) is 8.47. The number of terminal acetylenes is 1. The van der Waals surface area contributed by atoms with Crippen LogP contribution in [0.3, 0.4) is 0 Å². The Balaban J connectivity index is 3.21. The van der Waals surface area contributed by atoms with E-state index in [1.54, 1.807) is 0 Å². The number of benzene rings is 1. The minimum absolute atomic E-state index is 0.0339. The maximum absolute atomic E-state index is 11.6. The van der Waals surface area contributed by atoms with E-state index in [1.165, 1.54) is 12.1 Å². The molecule has 0 fully saturated rings. The molecule has 0 unspecified atom stereocenters. The number of hydrogen-bond acceptors (Lipinski definition) is 3. The average molecular weight is 274 g/mol. The Kier molecular flexibility index (Phi) is 4.12. The molecule has 1 aromatic rings. The van der Waals surface area contributed by atoms with Crippen LogP contribution in [-0.4, -0.2) is 26.0 Å². The molecule has 7 heteroatoms. The Bertz CT molecular complexity index is 589. The lowest BCUT2D eigenvalue weighted by molar-refractivity contribution is 0.0697. The second-order valence-electron chi connectivity index (χ2n) is 2.98. The van der Waals surface area contributed by atoms with Gasteiger partial charge in [0.05, 0.1) is 22.0 Å². The van der Waals surface area contributed by atoms with Gasteiger partial charge in [0.1, 0.15) is 0 Å². The number of carboxylic acids is 1. The maximum atomic E-state index is 11.6. The molecular formula is C10H8ClNO4S. The molecule has 0 heterocycles. The smallest absolute Gasteiger partial charge is 0.337 e. The van der Waals surface area contributed by atoms with Crippen LogP contribution >= 0.6 is 11.6 Å². The predicted octanol–water partition coefficient (Wildman–Crippen LogP) is 0.950. The Labute approximate surface area is 103 Å². The van der Waals surface area contributed by atoms with Crippen molar-refractivity contribution >= 4 is 27.6 Å². The molecule has 0 amide bonds. The monoisotopic (exact) mass is 273 g/mol.